The normalized spacial score (nSPS) is 10.7. The molecule has 0 atom stereocenters. The molecule has 8 nitrogen and oxygen atoms in total. The SMILES string of the molecule is CCn1nc(C(=O)OCc2ccc(C(=O)OC)o2)c2ccccc2c1=O. The van der Waals surface area contributed by atoms with E-state index in [9.17, 15) is 14.4 Å². The van der Waals surface area contributed by atoms with E-state index in [1.807, 2.05) is 0 Å². The topological polar surface area (TPSA) is 101 Å². The minimum Gasteiger partial charge on any atom is -0.463 e. The van der Waals surface area contributed by atoms with Crippen LogP contribution < -0.4 is 5.56 Å². The molecule has 0 bridgehead atoms. The van der Waals surface area contributed by atoms with Crippen molar-refractivity contribution < 1.29 is 23.5 Å². The first-order valence-electron chi connectivity index (χ1n) is 7.89. The van der Waals surface area contributed by atoms with Gasteiger partial charge in [-0.15, -0.1) is 0 Å². The van der Waals surface area contributed by atoms with Crippen LogP contribution in [0.25, 0.3) is 10.8 Å². The summed E-state index contributed by atoms with van der Waals surface area (Å²) < 4.78 is 16.2. The summed E-state index contributed by atoms with van der Waals surface area (Å²) in [7, 11) is 1.24. The van der Waals surface area contributed by atoms with Crippen LogP contribution in [0.15, 0.2) is 45.6 Å². The van der Waals surface area contributed by atoms with Gasteiger partial charge in [0.2, 0.25) is 5.76 Å². The van der Waals surface area contributed by atoms with Crippen LogP contribution in [0.3, 0.4) is 0 Å². The molecule has 2 aromatic heterocycles. The standard InChI is InChI=1S/C18H16N2O6/c1-3-20-16(21)13-7-5-4-6-12(13)15(19-20)18(23)25-10-11-8-9-14(26-11)17(22)24-2/h4-9H,3,10H2,1-2H3. The van der Waals surface area contributed by atoms with Crippen LogP contribution in [-0.2, 0) is 22.6 Å². The number of rotatable bonds is 5. The Morgan fingerprint density at radius 1 is 1.12 bits per heavy atom. The zero-order valence-corrected chi connectivity index (χ0v) is 14.2. The highest BCUT2D eigenvalue weighted by molar-refractivity contribution is 6.02. The number of methoxy groups -OCH3 is 1. The molecular weight excluding hydrogens is 340 g/mol. The van der Waals surface area contributed by atoms with E-state index in [4.69, 9.17) is 9.15 Å². The number of fused-ring (bicyclic) bond motifs is 1. The smallest absolute Gasteiger partial charge is 0.373 e. The number of hydrogen-bond donors (Lipinski definition) is 0. The number of hydrogen-bond acceptors (Lipinski definition) is 7. The van der Waals surface area contributed by atoms with E-state index in [1.165, 1.54) is 23.9 Å². The highest BCUT2D eigenvalue weighted by Gasteiger charge is 2.19. The monoisotopic (exact) mass is 356 g/mol. The molecule has 0 N–H and O–H groups in total. The molecule has 26 heavy (non-hydrogen) atoms. The van der Waals surface area contributed by atoms with Crippen molar-refractivity contribution in [2.75, 3.05) is 7.11 Å². The molecule has 0 fully saturated rings. The molecule has 0 amide bonds. The summed E-state index contributed by atoms with van der Waals surface area (Å²) in [5.74, 6) is -1.02. The molecular formula is C18H16N2O6. The quantitative estimate of drug-likeness (QED) is 0.646. The Kier molecular flexibility index (Phi) is 4.83. The third-order valence-electron chi connectivity index (χ3n) is 3.75. The van der Waals surface area contributed by atoms with E-state index in [-0.39, 0.29) is 29.4 Å². The van der Waals surface area contributed by atoms with Crippen LogP contribution in [0.4, 0.5) is 0 Å². The first kappa shape index (κ1) is 17.4. The van der Waals surface area contributed by atoms with Gasteiger partial charge >= 0.3 is 11.9 Å². The van der Waals surface area contributed by atoms with Crippen LogP contribution in [0.1, 0.15) is 33.7 Å². The van der Waals surface area contributed by atoms with Gasteiger partial charge in [-0.05, 0) is 25.1 Å². The molecule has 3 aromatic rings. The maximum Gasteiger partial charge on any atom is 0.373 e. The molecule has 0 radical (unpaired) electrons. The third-order valence-corrected chi connectivity index (χ3v) is 3.75. The number of ether oxygens (including phenoxy) is 2. The van der Waals surface area contributed by atoms with E-state index in [0.29, 0.717) is 17.3 Å². The molecule has 0 saturated carbocycles. The maximum absolute atomic E-state index is 12.5. The van der Waals surface area contributed by atoms with Crippen LogP contribution in [0.5, 0.6) is 0 Å². The summed E-state index contributed by atoms with van der Waals surface area (Å²) in [5, 5.41) is 4.91. The van der Waals surface area contributed by atoms with Crippen molar-refractivity contribution in [1.82, 2.24) is 9.78 Å². The Morgan fingerprint density at radius 2 is 1.85 bits per heavy atom. The van der Waals surface area contributed by atoms with E-state index in [2.05, 4.69) is 9.84 Å². The Morgan fingerprint density at radius 3 is 2.54 bits per heavy atom. The zero-order chi connectivity index (χ0) is 18.7. The van der Waals surface area contributed by atoms with Crippen molar-refractivity contribution in [2.24, 2.45) is 0 Å². The van der Waals surface area contributed by atoms with Crippen molar-refractivity contribution in [3.05, 3.63) is 64.0 Å². The number of carbonyl (C=O) groups excluding carboxylic acids is 2. The van der Waals surface area contributed by atoms with Gasteiger partial charge in [0, 0.05) is 11.9 Å². The van der Waals surface area contributed by atoms with Crippen LogP contribution in [0, 0.1) is 0 Å². The average molecular weight is 356 g/mol. The predicted molar refractivity (Wildman–Crippen MR) is 90.8 cm³/mol. The van der Waals surface area contributed by atoms with Crippen LogP contribution in [-0.4, -0.2) is 28.8 Å². The second-order valence-corrected chi connectivity index (χ2v) is 5.35. The number of benzene rings is 1. The summed E-state index contributed by atoms with van der Waals surface area (Å²) in [6, 6.07) is 9.65. The van der Waals surface area contributed by atoms with Gasteiger partial charge in [-0.2, -0.15) is 5.10 Å². The van der Waals surface area contributed by atoms with Crippen molar-refractivity contribution in [3.8, 4) is 0 Å². The number of nitrogens with zero attached hydrogens (tertiary/aromatic N) is 2. The predicted octanol–water partition coefficient (Wildman–Crippen LogP) is 2.15. The van der Waals surface area contributed by atoms with Gasteiger partial charge in [0.15, 0.2) is 5.69 Å². The largest absolute Gasteiger partial charge is 0.463 e. The molecule has 8 heteroatoms. The number of carbonyl (C=O) groups is 2. The lowest BCUT2D eigenvalue weighted by Crippen LogP contribution is -2.25. The fraction of sp³-hybridized carbons (Fsp3) is 0.222. The Hall–Kier alpha value is -3.42. The summed E-state index contributed by atoms with van der Waals surface area (Å²) in [5.41, 5.74) is -0.227. The minimum atomic E-state index is -0.695. The van der Waals surface area contributed by atoms with Gasteiger partial charge in [-0.1, -0.05) is 18.2 Å². The second kappa shape index (κ2) is 7.22. The molecule has 0 aliphatic heterocycles. The Balaban J connectivity index is 1.86. The van der Waals surface area contributed by atoms with Gasteiger partial charge < -0.3 is 13.9 Å². The lowest BCUT2D eigenvalue weighted by atomic mass is 10.1. The van der Waals surface area contributed by atoms with Crippen molar-refractivity contribution in [1.29, 1.82) is 0 Å². The van der Waals surface area contributed by atoms with Gasteiger partial charge in [-0.3, -0.25) is 4.79 Å². The number of aromatic nitrogens is 2. The minimum absolute atomic E-state index is 0.0154. The molecule has 0 unspecified atom stereocenters. The lowest BCUT2D eigenvalue weighted by molar-refractivity contribution is 0.0431. The number of furan rings is 1. The summed E-state index contributed by atoms with van der Waals surface area (Å²) in [6.45, 7) is 1.90. The van der Waals surface area contributed by atoms with Gasteiger partial charge in [0.25, 0.3) is 5.56 Å². The van der Waals surface area contributed by atoms with Crippen LogP contribution >= 0.6 is 0 Å². The molecule has 1 aromatic carbocycles. The Bertz CT molecular complexity index is 1030. The third kappa shape index (κ3) is 3.21. The number of aryl methyl sites for hydroxylation is 1. The average Bonchev–Trinajstić information content (AvgIpc) is 3.15. The fourth-order valence-corrected chi connectivity index (χ4v) is 2.47. The van der Waals surface area contributed by atoms with Crippen molar-refractivity contribution in [3.63, 3.8) is 0 Å². The van der Waals surface area contributed by atoms with Crippen LogP contribution in [0.2, 0.25) is 0 Å². The molecule has 0 spiro atoms. The highest BCUT2D eigenvalue weighted by atomic mass is 16.6. The molecule has 0 saturated heterocycles. The summed E-state index contributed by atoms with van der Waals surface area (Å²) >= 11 is 0. The fourth-order valence-electron chi connectivity index (χ4n) is 2.47. The second-order valence-electron chi connectivity index (χ2n) is 5.35. The zero-order valence-electron chi connectivity index (χ0n) is 14.2. The maximum atomic E-state index is 12.5. The summed E-state index contributed by atoms with van der Waals surface area (Å²) in [4.78, 5) is 36.1. The summed E-state index contributed by atoms with van der Waals surface area (Å²) in [6.07, 6.45) is 0. The highest BCUT2D eigenvalue weighted by Crippen LogP contribution is 2.16. The van der Waals surface area contributed by atoms with E-state index >= 15 is 0 Å². The first-order chi connectivity index (χ1) is 12.5. The number of esters is 2. The van der Waals surface area contributed by atoms with Gasteiger partial charge in [0.1, 0.15) is 12.4 Å². The first-order valence-corrected chi connectivity index (χ1v) is 7.89. The van der Waals surface area contributed by atoms with E-state index < -0.39 is 11.9 Å². The lowest BCUT2D eigenvalue weighted by Gasteiger charge is -2.09. The van der Waals surface area contributed by atoms with E-state index in [1.54, 1.807) is 31.2 Å². The molecule has 2 heterocycles. The van der Waals surface area contributed by atoms with Crippen molar-refractivity contribution in [2.45, 2.75) is 20.1 Å². The molecule has 134 valence electrons. The Labute approximate surface area is 147 Å². The molecule has 3 rings (SSSR count). The molecule has 0 aliphatic carbocycles. The van der Waals surface area contributed by atoms with Gasteiger partial charge in [-0.25, -0.2) is 14.3 Å². The van der Waals surface area contributed by atoms with Crippen molar-refractivity contribution >= 4 is 22.7 Å². The van der Waals surface area contributed by atoms with Gasteiger partial charge in [0.05, 0.1) is 12.5 Å². The molecule has 0 aliphatic rings. The van der Waals surface area contributed by atoms with E-state index in [0.717, 1.165) is 0 Å².